The van der Waals surface area contributed by atoms with Gasteiger partial charge in [-0.2, -0.15) is 5.10 Å². The predicted molar refractivity (Wildman–Crippen MR) is 133 cm³/mol. The Bertz CT molecular complexity index is 1320. The van der Waals surface area contributed by atoms with Crippen LogP contribution in [0.15, 0.2) is 65.7 Å². The fraction of sp³-hybridized carbons (Fsp3) is 0.0870. The van der Waals surface area contributed by atoms with Crippen molar-refractivity contribution in [3.8, 4) is 16.9 Å². The number of thioether (sulfide) groups is 1. The standard InChI is InChI=1S/C23H16ClN3O5S2/c24-15-8-6-13(7-9-15)20-14(12-26(25-20)16-4-2-1-3-5-16)10-18-21(30)27(23(33)34-18)17(22(31)32)11-19(28)29/h1-10,12,17H,11H2,(H,28,29)(H,31,32)/b18-10-. The molecule has 8 nitrogen and oxygen atoms in total. The summed E-state index contributed by atoms with van der Waals surface area (Å²) in [5, 5.41) is 23.8. The Morgan fingerprint density at radius 1 is 1.12 bits per heavy atom. The number of carboxylic acid groups (broad SMARTS) is 2. The number of hydrogen-bond acceptors (Lipinski definition) is 6. The first kappa shape index (κ1) is 23.7. The van der Waals surface area contributed by atoms with E-state index in [0.717, 1.165) is 27.9 Å². The van der Waals surface area contributed by atoms with Gasteiger partial charge in [0, 0.05) is 22.3 Å². The maximum atomic E-state index is 13.1. The Morgan fingerprint density at radius 3 is 2.41 bits per heavy atom. The van der Waals surface area contributed by atoms with Gasteiger partial charge in [-0.3, -0.25) is 14.5 Å². The molecule has 1 aliphatic rings. The molecule has 11 heteroatoms. The van der Waals surface area contributed by atoms with Crippen LogP contribution < -0.4 is 0 Å². The number of thiocarbonyl (C=S) groups is 1. The number of carboxylic acids is 2. The van der Waals surface area contributed by atoms with Gasteiger partial charge >= 0.3 is 11.9 Å². The summed E-state index contributed by atoms with van der Waals surface area (Å²) in [7, 11) is 0. The van der Waals surface area contributed by atoms with Gasteiger partial charge in [0.1, 0.15) is 10.4 Å². The van der Waals surface area contributed by atoms with Crippen LogP contribution in [0.3, 0.4) is 0 Å². The van der Waals surface area contributed by atoms with Gasteiger partial charge in [-0.1, -0.05) is 65.9 Å². The molecule has 1 aliphatic heterocycles. The summed E-state index contributed by atoms with van der Waals surface area (Å²) in [4.78, 5) is 36.8. The summed E-state index contributed by atoms with van der Waals surface area (Å²) >= 11 is 12.2. The highest BCUT2D eigenvalue weighted by atomic mass is 35.5. The highest BCUT2D eigenvalue weighted by Crippen LogP contribution is 2.36. The van der Waals surface area contributed by atoms with E-state index in [9.17, 15) is 19.5 Å². The van der Waals surface area contributed by atoms with Crippen molar-refractivity contribution in [3.63, 3.8) is 0 Å². The Kier molecular flexibility index (Phi) is 6.82. The van der Waals surface area contributed by atoms with Crippen LogP contribution in [0, 0.1) is 0 Å². The molecule has 0 bridgehead atoms. The van der Waals surface area contributed by atoms with Crippen molar-refractivity contribution < 1.29 is 24.6 Å². The molecule has 2 heterocycles. The molecule has 1 fully saturated rings. The quantitative estimate of drug-likeness (QED) is 0.355. The highest BCUT2D eigenvalue weighted by Gasteiger charge is 2.41. The van der Waals surface area contributed by atoms with E-state index in [-0.39, 0.29) is 9.23 Å². The number of nitrogens with zero attached hydrogens (tertiary/aromatic N) is 3. The zero-order chi connectivity index (χ0) is 24.4. The van der Waals surface area contributed by atoms with Crippen LogP contribution in [-0.2, 0) is 14.4 Å². The topological polar surface area (TPSA) is 113 Å². The van der Waals surface area contributed by atoms with Gasteiger partial charge in [-0.15, -0.1) is 0 Å². The van der Waals surface area contributed by atoms with Crippen LogP contribution in [0.2, 0.25) is 5.02 Å². The molecular formula is C23H16ClN3O5S2. The second-order valence-electron chi connectivity index (χ2n) is 7.22. The van der Waals surface area contributed by atoms with Crippen molar-refractivity contribution in [1.29, 1.82) is 0 Å². The summed E-state index contributed by atoms with van der Waals surface area (Å²) in [5.74, 6) is -3.46. The fourth-order valence-corrected chi connectivity index (χ4v) is 4.86. The molecule has 1 amide bonds. The van der Waals surface area contributed by atoms with Crippen LogP contribution >= 0.6 is 35.6 Å². The lowest BCUT2D eigenvalue weighted by Crippen LogP contribution is -2.45. The summed E-state index contributed by atoms with van der Waals surface area (Å²) in [6, 6.07) is 14.9. The molecule has 1 unspecified atom stereocenters. The Balaban J connectivity index is 1.77. The minimum absolute atomic E-state index is 0.0200. The number of halogens is 1. The van der Waals surface area contributed by atoms with Gasteiger partial charge in [0.05, 0.1) is 22.7 Å². The normalized spacial score (nSPS) is 15.7. The molecule has 0 radical (unpaired) electrons. The first-order chi connectivity index (χ1) is 16.2. The van der Waals surface area contributed by atoms with Crippen molar-refractivity contribution in [1.82, 2.24) is 14.7 Å². The van der Waals surface area contributed by atoms with Crippen molar-refractivity contribution in [3.05, 3.63) is 76.3 Å². The van der Waals surface area contributed by atoms with E-state index >= 15 is 0 Å². The Morgan fingerprint density at radius 2 is 1.79 bits per heavy atom. The van der Waals surface area contributed by atoms with E-state index < -0.39 is 30.3 Å². The van der Waals surface area contributed by atoms with Crippen molar-refractivity contribution in [2.24, 2.45) is 0 Å². The molecule has 2 aromatic carbocycles. The first-order valence-electron chi connectivity index (χ1n) is 9.87. The molecule has 0 aliphatic carbocycles. The number of aromatic nitrogens is 2. The molecule has 2 N–H and O–H groups in total. The maximum Gasteiger partial charge on any atom is 0.327 e. The molecule has 4 rings (SSSR count). The van der Waals surface area contributed by atoms with Crippen LogP contribution in [0.25, 0.3) is 23.0 Å². The molecular weight excluding hydrogens is 498 g/mol. The third kappa shape index (κ3) is 4.89. The molecule has 172 valence electrons. The summed E-state index contributed by atoms with van der Waals surface area (Å²) in [5.41, 5.74) is 2.73. The molecule has 34 heavy (non-hydrogen) atoms. The molecule has 1 aromatic heterocycles. The van der Waals surface area contributed by atoms with E-state index in [0.29, 0.717) is 16.3 Å². The lowest BCUT2D eigenvalue weighted by atomic mass is 10.1. The minimum atomic E-state index is -1.60. The van der Waals surface area contributed by atoms with Gasteiger partial charge in [0.15, 0.2) is 0 Å². The van der Waals surface area contributed by atoms with Crippen molar-refractivity contribution in [2.45, 2.75) is 12.5 Å². The number of amides is 1. The second kappa shape index (κ2) is 9.80. The molecule has 1 atom stereocenters. The van der Waals surface area contributed by atoms with Crippen LogP contribution in [-0.4, -0.2) is 53.1 Å². The van der Waals surface area contributed by atoms with Gasteiger partial charge < -0.3 is 10.2 Å². The summed E-state index contributed by atoms with van der Waals surface area (Å²) < 4.78 is 1.65. The number of aliphatic carboxylic acids is 2. The van der Waals surface area contributed by atoms with Crippen LogP contribution in [0.1, 0.15) is 12.0 Å². The van der Waals surface area contributed by atoms with Gasteiger partial charge in [0.25, 0.3) is 5.91 Å². The molecule has 0 spiro atoms. The fourth-order valence-electron chi connectivity index (χ4n) is 3.38. The second-order valence-corrected chi connectivity index (χ2v) is 9.34. The average molecular weight is 514 g/mol. The van der Waals surface area contributed by atoms with E-state index in [1.165, 1.54) is 0 Å². The van der Waals surface area contributed by atoms with Crippen molar-refractivity contribution in [2.75, 3.05) is 0 Å². The predicted octanol–water partition coefficient (Wildman–Crippen LogP) is 4.32. The lowest BCUT2D eigenvalue weighted by Gasteiger charge is -2.21. The van der Waals surface area contributed by atoms with Crippen molar-refractivity contribution >= 4 is 63.8 Å². The molecule has 1 saturated heterocycles. The van der Waals surface area contributed by atoms with E-state index in [2.05, 4.69) is 5.10 Å². The maximum absolute atomic E-state index is 13.1. The Labute approximate surface area is 208 Å². The van der Waals surface area contributed by atoms with Crippen LogP contribution in [0.4, 0.5) is 0 Å². The van der Waals surface area contributed by atoms with Gasteiger partial charge in [-0.05, 0) is 30.3 Å². The zero-order valence-corrected chi connectivity index (χ0v) is 19.7. The SMILES string of the molecule is O=C(O)CC(C(=O)O)N1C(=O)/C(=C/c2cn(-c3ccccc3)nc2-c2ccc(Cl)cc2)SC1=S. The van der Waals surface area contributed by atoms with Crippen LogP contribution in [0.5, 0.6) is 0 Å². The average Bonchev–Trinajstić information content (AvgIpc) is 3.34. The van der Waals surface area contributed by atoms with Gasteiger partial charge in [0.2, 0.25) is 0 Å². The number of benzene rings is 2. The lowest BCUT2D eigenvalue weighted by molar-refractivity contribution is -0.150. The van der Waals surface area contributed by atoms with E-state index in [4.69, 9.17) is 28.9 Å². The monoisotopic (exact) mass is 513 g/mol. The first-order valence-corrected chi connectivity index (χ1v) is 11.5. The number of para-hydroxylation sites is 1. The minimum Gasteiger partial charge on any atom is -0.481 e. The number of rotatable bonds is 7. The Hall–Kier alpha value is -3.47. The summed E-state index contributed by atoms with van der Waals surface area (Å²) in [6.45, 7) is 0. The van der Waals surface area contributed by atoms with E-state index in [1.807, 2.05) is 30.3 Å². The number of hydrogen-bond donors (Lipinski definition) is 2. The largest absolute Gasteiger partial charge is 0.481 e. The summed E-state index contributed by atoms with van der Waals surface area (Å²) in [6.07, 6.45) is 2.56. The molecule has 3 aromatic rings. The third-order valence-corrected chi connectivity index (χ3v) is 6.54. The highest BCUT2D eigenvalue weighted by molar-refractivity contribution is 8.26. The zero-order valence-electron chi connectivity index (χ0n) is 17.3. The van der Waals surface area contributed by atoms with Gasteiger partial charge in [-0.25, -0.2) is 9.48 Å². The van der Waals surface area contributed by atoms with E-state index in [1.54, 1.807) is 41.2 Å². The third-order valence-electron chi connectivity index (χ3n) is 4.96. The number of carbonyl (C=O) groups excluding carboxylic acids is 1. The molecule has 0 saturated carbocycles. The smallest absolute Gasteiger partial charge is 0.327 e. The number of carbonyl (C=O) groups is 3.